The molecule has 0 bridgehead atoms. The summed E-state index contributed by atoms with van der Waals surface area (Å²) in [5, 5.41) is 5.09. The zero-order chi connectivity index (χ0) is 38.4. The molecule has 0 radical (unpaired) electrons. The first-order valence-corrected chi connectivity index (χ1v) is 19.5. The van der Waals surface area contributed by atoms with Gasteiger partial charge in [-0.15, -0.1) is 5.10 Å². The Morgan fingerprint density at radius 1 is 0.815 bits per heavy atom. The second kappa shape index (κ2) is 16.7. The Morgan fingerprint density at radius 2 is 1.50 bits per heavy atom. The molecule has 13 heteroatoms. The van der Waals surface area contributed by atoms with E-state index < -0.39 is 21.6 Å². The number of carbonyl (C=O) groups excluding carboxylic acids is 2. The number of hydrogen-bond donors (Lipinski definition) is 1. The van der Waals surface area contributed by atoms with Crippen LogP contribution in [-0.2, 0) is 29.5 Å². The molecule has 276 valence electrons. The van der Waals surface area contributed by atoms with E-state index in [0.717, 1.165) is 24.0 Å². The van der Waals surface area contributed by atoms with Crippen LogP contribution in [0.4, 0.5) is 0 Å². The average Bonchev–Trinajstić information content (AvgIpc) is 3.48. The summed E-state index contributed by atoms with van der Waals surface area (Å²) in [4.78, 5) is 41.8. The fraction of sp³-hybridized carbons (Fsp3) is 0.171. The number of unbranched alkanes of at least 4 members (excludes halogenated alkanes) is 1. The number of aryl methyl sites for hydroxylation is 1. The van der Waals surface area contributed by atoms with Crippen LogP contribution < -0.4 is 10.4 Å². The maximum Gasteiger partial charge on any atom is 0.351 e. The monoisotopic (exact) mass is 781 g/mol. The highest BCUT2D eigenvalue weighted by molar-refractivity contribution is 7.90. The van der Waals surface area contributed by atoms with Crippen LogP contribution in [0.25, 0.3) is 16.8 Å². The zero-order valence-electron chi connectivity index (χ0n) is 29.6. The van der Waals surface area contributed by atoms with Gasteiger partial charge in [0, 0.05) is 31.1 Å². The van der Waals surface area contributed by atoms with Gasteiger partial charge in [0.15, 0.2) is 0 Å². The molecule has 0 aliphatic carbocycles. The van der Waals surface area contributed by atoms with Gasteiger partial charge in [-0.1, -0.05) is 121 Å². The third kappa shape index (κ3) is 8.49. The molecular weight excluding hydrogens is 745 g/mol. The number of halogens is 2. The summed E-state index contributed by atoms with van der Waals surface area (Å²) in [6.07, 6.45) is 2.22. The molecule has 0 saturated heterocycles. The summed E-state index contributed by atoms with van der Waals surface area (Å²) in [5.74, 6) is -0.510. The summed E-state index contributed by atoms with van der Waals surface area (Å²) in [5.41, 5.74) is 3.01. The largest absolute Gasteiger partial charge is 0.351 e. The molecule has 0 spiro atoms. The van der Waals surface area contributed by atoms with Crippen LogP contribution in [0.3, 0.4) is 0 Å². The minimum absolute atomic E-state index is 0.0383. The van der Waals surface area contributed by atoms with E-state index in [0.29, 0.717) is 41.2 Å². The van der Waals surface area contributed by atoms with Crippen molar-refractivity contribution in [1.29, 1.82) is 0 Å². The lowest BCUT2D eigenvalue weighted by Gasteiger charge is -2.18. The fourth-order valence-corrected chi connectivity index (χ4v) is 7.64. The number of carbonyl (C=O) groups is 2. The van der Waals surface area contributed by atoms with Crippen LogP contribution in [0.5, 0.6) is 0 Å². The molecule has 6 aromatic rings. The van der Waals surface area contributed by atoms with E-state index in [9.17, 15) is 22.8 Å². The van der Waals surface area contributed by atoms with Crippen molar-refractivity contribution in [1.82, 2.24) is 24.0 Å². The molecule has 1 heterocycles. The van der Waals surface area contributed by atoms with E-state index in [1.807, 2.05) is 42.5 Å². The maximum atomic E-state index is 14.0. The van der Waals surface area contributed by atoms with Gasteiger partial charge < -0.3 is 4.90 Å². The number of rotatable bonds is 13. The smallest absolute Gasteiger partial charge is 0.337 e. The molecule has 1 aromatic heterocycles. The molecule has 6 rings (SSSR count). The first-order valence-electron chi connectivity index (χ1n) is 17.2. The summed E-state index contributed by atoms with van der Waals surface area (Å²) in [7, 11) is -2.57. The first-order chi connectivity index (χ1) is 26.0. The third-order valence-corrected chi connectivity index (χ3v) is 10.9. The van der Waals surface area contributed by atoms with Gasteiger partial charge in [-0.3, -0.25) is 14.2 Å². The van der Waals surface area contributed by atoms with Gasteiger partial charge in [0.2, 0.25) is 0 Å². The van der Waals surface area contributed by atoms with Gasteiger partial charge in [0.1, 0.15) is 5.82 Å². The number of nitrogens with zero attached hydrogens (tertiary/aromatic N) is 4. The van der Waals surface area contributed by atoms with Crippen LogP contribution >= 0.6 is 23.2 Å². The molecule has 0 saturated carbocycles. The van der Waals surface area contributed by atoms with Crippen molar-refractivity contribution >= 4 is 45.0 Å². The average molecular weight is 783 g/mol. The van der Waals surface area contributed by atoms with Gasteiger partial charge in [0.05, 0.1) is 32.7 Å². The molecule has 10 nitrogen and oxygen atoms in total. The van der Waals surface area contributed by atoms with Crippen molar-refractivity contribution in [3.05, 3.63) is 170 Å². The van der Waals surface area contributed by atoms with Crippen molar-refractivity contribution < 1.29 is 18.0 Å². The van der Waals surface area contributed by atoms with Crippen LogP contribution in [0.2, 0.25) is 10.0 Å². The van der Waals surface area contributed by atoms with Crippen LogP contribution in [-0.4, -0.2) is 46.5 Å². The SMILES string of the molecule is CCCCc1nn(-c2cc(C(=O)N(C)Cc3ccccc3)ccc2Cl)c(=O)n1Cc1ccc(-c2ccccc2S(=O)(=O)NC(=O)c2ccccc2Cl)cc1. The lowest BCUT2D eigenvalue weighted by molar-refractivity contribution is 0.0784. The van der Waals surface area contributed by atoms with E-state index >= 15 is 0 Å². The molecule has 1 N–H and O–H groups in total. The molecule has 54 heavy (non-hydrogen) atoms. The van der Waals surface area contributed by atoms with Crippen LogP contribution in [0, 0.1) is 0 Å². The zero-order valence-corrected chi connectivity index (χ0v) is 31.9. The minimum Gasteiger partial charge on any atom is -0.337 e. The Bertz CT molecular complexity index is 2480. The Kier molecular flexibility index (Phi) is 11.8. The lowest BCUT2D eigenvalue weighted by atomic mass is 10.0. The molecule has 0 atom stereocenters. The molecule has 5 aromatic carbocycles. The van der Waals surface area contributed by atoms with Gasteiger partial charge >= 0.3 is 5.69 Å². The summed E-state index contributed by atoms with van der Waals surface area (Å²) < 4.78 is 31.8. The summed E-state index contributed by atoms with van der Waals surface area (Å²) in [6.45, 7) is 2.64. The van der Waals surface area contributed by atoms with Crippen molar-refractivity contribution in [2.75, 3.05) is 7.05 Å². The lowest BCUT2D eigenvalue weighted by Crippen LogP contribution is -2.31. The number of hydrogen-bond acceptors (Lipinski definition) is 6. The third-order valence-electron chi connectivity index (χ3n) is 8.85. The Balaban J connectivity index is 1.27. The first kappa shape index (κ1) is 38.2. The highest BCUT2D eigenvalue weighted by Gasteiger charge is 2.24. The highest BCUT2D eigenvalue weighted by Crippen LogP contribution is 2.29. The van der Waals surface area contributed by atoms with Crippen molar-refractivity contribution in [2.24, 2.45) is 0 Å². The maximum absolute atomic E-state index is 14.0. The minimum atomic E-state index is -4.29. The van der Waals surface area contributed by atoms with Crippen LogP contribution in [0.1, 0.15) is 57.4 Å². The second-order valence-electron chi connectivity index (χ2n) is 12.7. The van der Waals surface area contributed by atoms with Crippen LogP contribution in [0.15, 0.2) is 131 Å². The number of nitrogens with one attached hydrogen (secondary N) is 1. The van der Waals surface area contributed by atoms with Crippen molar-refractivity contribution in [3.8, 4) is 16.8 Å². The molecule has 0 fully saturated rings. The Morgan fingerprint density at radius 3 is 2.22 bits per heavy atom. The highest BCUT2D eigenvalue weighted by atomic mass is 35.5. The Labute approximate surface area is 323 Å². The van der Waals surface area contributed by atoms with Gasteiger partial charge in [-0.2, -0.15) is 4.68 Å². The van der Waals surface area contributed by atoms with Gasteiger partial charge in [-0.05, 0) is 59.5 Å². The van der Waals surface area contributed by atoms with Gasteiger partial charge in [0.25, 0.3) is 21.8 Å². The van der Waals surface area contributed by atoms with E-state index in [1.54, 1.807) is 77.2 Å². The standard InChI is InChI=1S/C41H37Cl2N5O5S/c1-3-4-18-38-44-48(36-25-31(23-24-35(36)43)40(50)46(2)26-28-12-6-5-7-13-28)41(51)47(38)27-29-19-21-30(22-20-29)32-14-9-11-17-37(32)54(52,53)45-39(49)33-15-8-10-16-34(33)42/h5-17,19-25H,3-4,18,26-27H2,1-2H3,(H,45,49). The van der Waals surface area contributed by atoms with E-state index in [-0.39, 0.29) is 33.0 Å². The van der Waals surface area contributed by atoms with Gasteiger partial charge in [-0.25, -0.2) is 17.9 Å². The normalized spacial score (nSPS) is 11.3. The predicted molar refractivity (Wildman–Crippen MR) is 211 cm³/mol. The topological polar surface area (TPSA) is 123 Å². The number of aromatic nitrogens is 3. The number of sulfonamides is 1. The summed E-state index contributed by atoms with van der Waals surface area (Å²) >= 11 is 12.7. The van der Waals surface area contributed by atoms with Crippen molar-refractivity contribution in [2.45, 2.75) is 44.2 Å². The Hall–Kier alpha value is -5.49. The fourth-order valence-electron chi connectivity index (χ4n) is 6.02. The quantitative estimate of drug-likeness (QED) is 0.128. The molecule has 2 amide bonds. The second-order valence-corrected chi connectivity index (χ2v) is 15.2. The molecule has 0 aliphatic rings. The molecule has 0 aliphatic heterocycles. The van der Waals surface area contributed by atoms with E-state index in [4.69, 9.17) is 28.3 Å². The summed E-state index contributed by atoms with van der Waals surface area (Å²) in [6, 6.07) is 34.2. The van der Waals surface area contributed by atoms with Crippen molar-refractivity contribution in [3.63, 3.8) is 0 Å². The predicted octanol–water partition coefficient (Wildman–Crippen LogP) is 7.79. The number of amides is 2. The molecule has 0 unspecified atom stereocenters. The number of benzene rings is 5. The van der Waals surface area contributed by atoms with E-state index in [1.165, 1.54) is 22.9 Å². The van der Waals surface area contributed by atoms with E-state index in [2.05, 4.69) is 11.6 Å². The molecular formula is C41H37Cl2N5O5S.